The first-order valence-corrected chi connectivity index (χ1v) is 9.54. The second-order valence-electron chi connectivity index (χ2n) is 6.17. The summed E-state index contributed by atoms with van der Waals surface area (Å²) in [6, 6.07) is 7.70. The minimum Gasteiger partial charge on any atom is -0.368 e. The Morgan fingerprint density at radius 3 is 2.92 bits per heavy atom. The fourth-order valence-electron chi connectivity index (χ4n) is 3.35. The summed E-state index contributed by atoms with van der Waals surface area (Å²) in [6.07, 6.45) is 7.29. The Balaban J connectivity index is 1.78. The van der Waals surface area contributed by atoms with E-state index in [0.29, 0.717) is 6.54 Å². The first-order chi connectivity index (χ1) is 12.1. The van der Waals surface area contributed by atoms with E-state index in [9.17, 15) is 9.59 Å². The van der Waals surface area contributed by atoms with Gasteiger partial charge in [-0.15, -0.1) is 11.8 Å². The first kappa shape index (κ1) is 17.5. The van der Waals surface area contributed by atoms with Crippen LogP contribution in [-0.2, 0) is 11.3 Å². The Morgan fingerprint density at radius 2 is 2.16 bits per heavy atom. The molecule has 1 unspecified atom stereocenters. The zero-order valence-corrected chi connectivity index (χ0v) is 15.0. The zero-order valence-electron chi connectivity index (χ0n) is 14.2. The molecule has 0 aliphatic carbocycles. The van der Waals surface area contributed by atoms with Crippen LogP contribution in [0.1, 0.15) is 34.9 Å². The Hall–Kier alpha value is -2.28. The number of piperidine rings is 1. The number of nitrogens with zero attached hydrogens (tertiary/aromatic N) is 3. The lowest BCUT2D eigenvalue weighted by atomic mass is 9.96. The number of hydrogen-bond acceptors (Lipinski definition) is 4. The maximum absolute atomic E-state index is 13.0. The number of thioether (sulfide) groups is 1. The highest BCUT2D eigenvalue weighted by molar-refractivity contribution is 7.98. The Morgan fingerprint density at radius 1 is 1.36 bits per heavy atom. The molecule has 1 aromatic heterocycles. The highest BCUT2D eigenvalue weighted by Gasteiger charge is 2.29. The fraction of sp³-hybridized carbons (Fsp3) is 0.389. The zero-order chi connectivity index (χ0) is 17.8. The summed E-state index contributed by atoms with van der Waals surface area (Å²) in [5.74, 6) is 0.613. The molecule has 25 heavy (non-hydrogen) atoms. The van der Waals surface area contributed by atoms with Crippen LogP contribution in [0.3, 0.4) is 0 Å². The summed E-state index contributed by atoms with van der Waals surface area (Å²) >= 11 is 1.58. The van der Waals surface area contributed by atoms with Gasteiger partial charge in [-0.3, -0.25) is 9.59 Å². The van der Waals surface area contributed by atoms with Gasteiger partial charge in [-0.2, -0.15) is 0 Å². The number of aromatic nitrogens is 2. The molecule has 0 radical (unpaired) electrons. The molecule has 1 aromatic carbocycles. The lowest BCUT2D eigenvalue weighted by Crippen LogP contribution is -2.40. The molecule has 2 heterocycles. The third-order valence-electron chi connectivity index (χ3n) is 4.49. The van der Waals surface area contributed by atoms with Crippen molar-refractivity contribution in [2.45, 2.75) is 30.2 Å². The SMILES string of the molecule is CSc1ccccc1C(=O)N1CCCC(c2nccn2CC(N)=O)C1. The number of amides is 2. The summed E-state index contributed by atoms with van der Waals surface area (Å²) in [4.78, 5) is 31.5. The largest absolute Gasteiger partial charge is 0.368 e. The topological polar surface area (TPSA) is 81.2 Å². The molecule has 1 atom stereocenters. The van der Waals surface area contributed by atoms with E-state index in [1.54, 1.807) is 28.7 Å². The van der Waals surface area contributed by atoms with Crippen LogP contribution in [0.25, 0.3) is 0 Å². The molecular formula is C18H22N4O2S. The maximum Gasteiger partial charge on any atom is 0.255 e. The number of primary amides is 1. The summed E-state index contributed by atoms with van der Waals surface area (Å²) < 4.78 is 1.79. The average Bonchev–Trinajstić information content (AvgIpc) is 3.08. The van der Waals surface area contributed by atoms with Gasteiger partial charge in [0.2, 0.25) is 5.91 Å². The minimum atomic E-state index is -0.392. The molecule has 132 valence electrons. The van der Waals surface area contributed by atoms with E-state index >= 15 is 0 Å². The van der Waals surface area contributed by atoms with Gasteiger partial charge in [-0.25, -0.2) is 4.98 Å². The second kappa shape index (κ2) is 7.74. The highest BCUT2D eigenvalue weighted by atomic mass is 32.2. The van der Waals surface area contributed by atoms with Gasteiger partial charge in [0.05, 0.1) is 5.56 Å². The molecule has 0 spiro atoms. The Kier molecular flexibility index (Phi) is 5.43. The molecular weight excluding hydrogens is 336 g/mol. The van der Waals surface area contributed by atoms with Crippen molar-refractivity contribution in [3.05, 3.63) is 48.0 Å². The van der Waals surface area contributed by atoms with Crippen molar-refractivity contribution in [3.8, 4) is 0 Å². The number of imidazole rings is 1. The third kappa shape index (κ3) is 3.87. The summed E-state index contributed by atoms with van der Waals surface area (Å²) in [7, 11) is 0. The molecule has 2 aromatic rings. The van der Waals surface area contributed by atoms with Crippen LogP contribution in [0.2, 0.25) is 0 Å². The molecule has 0 saturated carbocycles. The van der Waals surface area contributed by atoms with Crippen LogP contribution in [0.15, 0.2) is 41.6 Å². The molecule has 2 N–H and O–H groups in total. The normalized spacial score (nSPS) is 17.5. The number of benzene rings is 1. The maximum atomic E-state index is 13.0. The van der Waals surface area contributed by atoms with Gasteiger partial charge in [0.1, 0.15) is 12.4 Å². The van der Waals surface area contributed by atoms with E-state index in [-0.39, 0.29) is 18.4 Å². The number of carbonyl (C=O) groups excluding carboxylic acids is 2. The molecule has 1 fully saturated rings. The van der Waals surface area contributed by atoms with Crippen LogP contribution < -0.4 is 5.73 Å². The monoisotopic (exact) mass is 358 g/mol. The van der Waals surface area contributed by atoms with Gasteiger partial charge >= 0.3 is 0 Å². The van der Waals surface area contributed by atoms with E-state index in [0.717, 1.165) is 35.7 Å². The van der Waals surface area contributed by atoms with Crippen LogP contribution >= 0.6 is 11.8 Å². The number of nitrogens with two attached hydrogens (primary N) is 1. The van der Waals surface area contributed by atoms with Gasteiger partial charge in [0.25, 0.3) is 5.91 Å². The minimum absolute atomic E-state index is 0.0580. The van der Waals surface area contributed by atoms with Crippen molar-refractivity contribution >= 4 is 23.6 Å². The van der Waals surface area contributed by atoms with E-state index in [1.807, 2.05) is 35.4 Å². The van der Waals surface area contributed by atoms with E-state index in [2.05, 4.69) is 4.98 Å². The summed E-state index contributed by atoms with van der Waals surface area (Å²) in [6.45, 7) is 1.47. The molecule has 1 aliphatic heterocycles. The van der Waals surface area contributed by atoms with Crippen molar-refractivity contribution in [1.82, 2.24) is 14.5 Å². The van der Waals surface area contributed by atoms with Gasteiger partial charge in [0.15, 0.2) is 0 Å². The smallest absolute Gasteiger partial charge is 0.255 e. The molecule has 1 aliphatic rings. The van der Waals surface area contributed by atoms with Crippen molar-refractivity contribution in [2.24, 2.45) is 5.73 Å². The van der Waals surface area contributed by atoms with Crippen molar-refractivity contribution in [3.63, 3.8) is 0 Å². The molecule has 6 nitrogen and oxygen atoms in total. The third-order valence-corrected chi connectivity index (χ3v) is 5.28. The van der Waals surface area contributed by atoms with Crippen molar-refractivity contribution in [1.29, 1.82) is 0 Å². The van der Waals surface area contributed by atoms with Crippen molar-refractivity contribution in [2.75, 3.05) is 19.3 Å². The molecule has 1 saturated heterocycles. The van der Waals surface area contributed by atoms with Gasteiger partial charge in [-0.1, -0.05) is 12.1 Å². The first-order valence-electron chi connectivity index (χ1n) is 8.31. The van der Waals surface area contributed by atoms with Crippen LogP contribution in [-0.4, -0.2) is 45.6 Å². The van der Waals surface area contributed by atoms with Crippen molar-refractivity contribution < 1.29 is 9.59 Å². The highest BCUT2D eigenvalue weighted by Crippen LogP contribution is 2.28. The number of likely N-dealkylation sites (tertiary alicyclic amines) is 1. The van der Waals surface area contributed by atoms with E-state index < -0.39 is 5.91 Å². The summed E-state index contributed by atoms with van der Waals surface area (Å²) in [5.41, 5.74) is 6.06. The quantitative estimate of drug-likeness (QED) is 0.830. The number of carbonyl (C=O) groups is 2. The standard InChI is InChI=1S/C18H22N4O2S/c1-25-15-7-3-2-6-14(15)18(24)22-9-4-5-13(11-22)17-20-8-10-21(17)12-16(19)23/h2-3,6-8,10,13H,4-5,9,11-12H2,1H3,(H2,19,23). The van der Waals surface area contributed by atoms with Gasteiger partial charge in [0, 0.05) is 36.3 Å². The molecule has 3 rings (SSSR count). The fourth-order valence-corrected chi connectivity index (χ4v) is 3.94. The number of hydrogen-bond donors (Lipinski definition) is 1. The van der Waals surface area contributed by atoms with Gasteiger partial charge in [-0.05, 0) is 31.2 Å². The van der Waals surface area contributed by atoms with E-state index in [1.165, 1.54) is 0 Å². The Bertz CT molecular complexity index is 774. The predicted molar refractivity (Wildman–Crippen MR) is 97.5 cm³/mol. The average molecular weight is 358 g/mol. The van der Waals surface area contributed by atoms with Crippen LogP contribution in [0, 0.1) is 0 Å². The predicted octanol–water partition coefficient (Wildman–Crippen LogP) is 2.11. The van der Waals surface area contributed by atoms with Crippen LogP contribution in [0.5, 0.6) is 0 Å². The van der Waals surface area contributed by atoms with E-state index in [4.69, 9.17) is 5.73 Å². The lowest BCUT2D eigenvalue weighted by molar-refractivity contribution is -0.118. The Labute approximate surface area is 151 Å². The molecule has 0 bridgehead atoms. The second-order valence-corrected chi connectivity index (χ2v) is 7.02. The number of rotatable bonds is 5. The molecule has 2 amide bonds. The lowest BCUT2D eigenvalue weighted by Gasteiger charge is -2.33. The summed E-state index contributed by atoms with van der Waals surface area (Å²) in [5, 5.41) is 0. The van der Waals surface area contributed by atoms with Crippen LogP contribution in [0.4, 0.5) is 0 Å². The molecule has 7 heteroatoms. The van der Waals surface area contributed by atoms with Gasteiger partial charge < -0.3 is 15.2 Å².